The third kappa shape index (κ3) is 3.57. The number of aryl methyl sites for hydroxylation is 3. The van der Waals surface area contributed by atoms with Gasteiger partial charge in [0.2, 0.25) is 0 Å². The SMILES string of the molecule is Cc1cccc2c(C(=O)C(F)(F)F)cn(CCCc3cccnc3)c12. The zero-order valence-electron chi connectivity index (χ0n) is 13.7. The summed E-state index contributed by atoms with van der Waals surface area (Å²) in [4.78, 5) is 15.8. The molecule has 3 nitrogen and oxygen atoms in total. The number of ketones is 1. The number of carbonyl (C=O) groups is 1. The lowest BCUT2D eigenvalue weighted by atomic mass is 10.1. The van der Waals surface area contributed by atoms with Crippen LogP contribution in [-0.4, -0.2) is 21.5 Å². The van der Waals surface area contributed by atoms with Gasteiger partial charge in [-0.1, -0.05) is 24.3 Å². The van der Waals surface area contributed by atoms with Crippen LogP contribution in [0.3, 0.4) is 0 Å². The van der Waals surface area contributed by atoms with Crippen LogP contribution < -0.4 is 0 Å². The number of hydrogen-bond acceptors (Lipinski definition) is 2. The van der Waals surface area contributed by atoms with Crippen LogP contribution in [0, 0.1) is 6.92 Å². The summed E-state index contributed by atoms with van der Waals surface area (Å²) in [6.07, 6.45) is 1.43. The number of hydrogen-bond donors (Lipinski definition) is 0. The summed E-state index contributed by atoms with van der Waals surface area (Å²) in [7, 11) is 0. The van der Waals surface area contributed by atoms with E-state index < -0.39 is 12.0 Å². The van der Waals surface area contributed by atoms with E-state index in [4.69, 9.17) is 0 Å². The van der Waals surface area contributed by atoms with Crippen LogP contribution >= 0.6 is 0 Å². The summed E-state index contributed by atoms with van der Waals surface area (Å²) in [5, 5.41) is 0.351. The molecule has 3 rings (SSSR count). The molecule has 0 radical (unpaired) electrons. The minimum atomic E-state index is -4.88. The summed E-state index contributed by atoms with van der Waals surface area (Å²) in [6.45, 7) is 2.36. The second-order valence-corrected chi connectivity index (χ2v) is 6.00. The molecule has 0 bridgehead atoms. The molecule has 0 aliphatic heterocycles. The molecule has 0 saturated heterocycles. The molecule has 0 fully saturated rings. The number of pyridine rings is 1. The Hall–Kier alpha value is -2.63. The van der Waals surface area contributed by atoms with E-state index in [1.54, 1.807) is 29.1 Å². The molecule has 25 heavy (non-hydrogen) atoms. The summed E-state index contributed by atoms with van der Waals surface area (Å²) in [6, 6.07) is 8.89. The second kappa shape index (κ2) is 6.70. The van der Waals surface area contributed by atoms with Gasteiger partial charge in [0, 0.05) is 30.5 Å². The molecule has 0 N–H and O–H groups in total. The number of aromatic nitrogens is 2. The van der Waals surface area contributed by atoms with Crippen molar-refractivity contribution in [2.45, 2.75) is 32.5 Å². The molecule has 0 atom stereocenters. The van der Waals surface area contributed by atoms with Crippen LogP contribution in [0.5, 0.6) is 0 Å². The van der Waals surface area contributed by atoms with Crippen molar-refractivity contribution < 1.29 is 18.0 Å². The molecule has 3 aromatic rings. The van der Waals surface area contributed by atoms with Crippen LogP contribution in [0.4, 0.5) is 13.2 Å². The fourth-order valence-corrected chi connectivity index (χ4v) is 3.06. The Morgan fingerprint density at radius 1 is 1.20 bits per heavy atom. The van der Waals surface area contributed by atoms with Crippen molar-refractivity contribution in [2.24, 2.45) is 0 Å². The van der Waals surface area contributed by atoms with Gasteiger partial charge in [0.05, 0.1) is 11.1 Å². The highest BCUT2D eigenvalue weighted by Crippen LogP contribution is 2.30. The molecule has 0 aliphatic carbocycles. The topological polar surface area (TPSA) is 34.9 Å². The van der Waals surface area contributed by atoms with Gasteiger partial charge in [-0.15, -0.1) is 0 Å². The number of rotatable bonds is 5. The highest BCUT2D eigenvalue weighted by molar-refractivity contribution is 6.11. The zero-order chi connectivity index (χ0) is 18.0. The lowest BCUT2D eigenvalue weighted by Gasteiger charge is -2.07. The van der Waals surface area contributed by atoms with E-state index in [1.807, 2.05) is 25.1 Å². The number of para-hydroxylation sites is 1. The average molecular weight is 346 g/mol. The molecular weight excluding hydrogens is 329 g/mol. The van der Waals surface area contributed by atoms with Crippen molar-refractivity contribution in [3.05, 3.63) is 65.6 Å². The van der Waals surface area contributed by atoms with Gasteiger partial charge in [0.1, 0.15) is 0 Å². The number of carbonyl (C=O) groups excluding carboxylic acids is 1. The summed E-state index contributed by atoms with van der Waals surface area (Å²) >= 11 is 0. The third-order valence-corrected chi connectivity index (χ3v) is 4.19. The largest absolute Gasteiger partial charge is 0.454 e. The number of halogens is 3. The van der Waals surface area contributed by atoms with Crippen molar-refractivity contribution in [3.63, 3.8) is 0 Å². The molecule has 1 aromatic carbocycles. The molecule has 2 heterocycles. The summed E-state index contributed by atoms with van der Waals surface area (Å²) in [5.74, 6) is -1.80. The standard InChI is InChI=1S/C19H17F3N2O/c1-13-5-2-8-15-16(18(25)19(20,21)22)12-24(17(13)15)10-4-7-14-6-3-9-23-11-14/h2-3,5-6,8-9,11-12H,4,7,10H2,1H3. The van der Waals surface area contributed by atoms with Gasteiger partial charge in [-0.2, -0.15) is 13.2 Å². The lowest BCUT2D eigenvalue weighted by Crippen LogP contribution is -2.22. The molecule has 130 valence electrons. The first kappa shape index (κ1) is 17.2. The quantitative estimate of drug-likeness (QED) is 0.627. The van der Waals surface area contributed by atoms with E-state index in [1.165, 1.54) is 6.20 Å². The Morgan fingerprint density at radius 2 is 2.00 bits per heavy atom. The van der Waals surface area contributed by atoms with Crippen molar-refractivity contribution in [3.8, 4) is 0 Å². The fourth-order valence-electron chi connectivity index (χ4n) is 3.06. The van der Waals surface area contributed by atoms with E-state index in [9.17, 15) is 18.0 Å². The molecule has 0 unspecified atom stereocenters. The van der Waals surface area contributed by atoms with E-state index in [0.717, 1.165) is 24.0 Å². The average Bonchev–Trinajstić information content (AvgIpc) is 2.94. The minimum Gasteiger partial charge on any atom is -0.346 e. The number of benzene rings is 1. The zero-order valence-corrected chi connectivity index (χ0v) is 13.7. The fraction of sp³-hybridized carbons (Fsp3) is 0.263. The Labute approximate surface area is 143 Å². The second-order valence-electron chi connectivity index (χ2n) is 6.00. The highest BCUT2D eigenvalue weighted by Gasteiger charge is 2.40. The Kier molecular flexibility index (Phi) is 4.61. The predicted octanol–water partition coefficient (Wildman–Crippen LogP) is 4.72. The van der Waals surface area contributed by atoms with Gasteiger partial charge in [-0.3, -0.25) is 9.78 Å². The summed E-state index contributed by atoms with van der Waals surface area (Å²) < 4.78 is 40.4. The molecule has 2 aromatic heterocycles. The molecular formula is C19H17F3N2O. The molecule has 0 amide bonds. The van der Waals surface area contributed by atoms with E-state index in [2.05, 4.69) is 4.98 Å². The number of alkyl halides is 3. The minimum absolute atomic E-state index is 0.285. The number of fused-ring (bicyclic) bond motifs is 1. The van der Waals surface area contributed by atoms with E-state index in [-0.39, 0.29) is 5.56 Å². The van der Waals surface area contributed by atoms with Crippen LogP contribution in [0.25, 0.3) is 10.9 Å². The number of Topliss-reactive ketones (excluding diaryl/α,β-unsaturated/α-hetero) is 1. The van der Waals surface area contributed by atoms with Crippen LogP contribution in [-0.2, 0) is 13.0 Å². The van der Waals surface area contributed by atoms with Crippen LogP contribution in [0.2, 0.25) is 0 Å². The smallest absolute Gasteiger partial charge is 0.346 e. The molecule has 0 saturated carbocycles. The first-order valence-corrected chi connectivity index (χ1v) is 7.97. The van der Waals surface area contributed by atoms with Crippen LogP contribution in [0.15, 0.2) is 48.9 Å². The summed E-state index contributed by atoms with van der Waals surface area (Å²) in [5.41, 5.74) is 2.32. The van der Waals surface area contributed by atoms with Crippen LogP contribution in [0.1, 0.15) is 27.9 Å². The maximum absolute atomic E-state index is 12.9. The Balaban J connectivity index is 1.91. The van der Waals surface area contributed by atoms with Crippen molar-refractivity contribution in [2.75, 3.05) is 0 Å². The van der Waals surface area contributed by atoms with Gasteiger partial charge in [-0.25, -0.2) is 0 Å². The first-order chi connectivity index (χ1) is 11.9. The predicted molar refractivity (Wildman–Crippen MR) is 89.6 cm³/mol. The van der Waals surface area contributed by atoms with Crippen molar-refractivity contribution in [1.82, 2.24) is 9.55 Å². The Bertz CT molecular complexity index is 898. The maximum atomic E-state index is 12.9. The monoisotopic (exact) mass is 346 g/mol. The Morgan fingerprint density at radius 3 is 2.68 bits per heavy atom. The molecule has 6 heteroatoms. The number of nitrogens with zero attached hydrogens (tertiary/aromatic N) is 2. The van der Waals surface area contributed by atoms with Gasteiger partial charge in [0.15, 0.2) is 0 Å². The van der Waals surface area contributed by atoms with Gasteiger partial charge < -0.3 is 4.57 Å². The van der Waals surface area contributed by atoms with Crippen molar-refractivity contribution in [1.29, 1.82) is 0 Å². The normalized spacial score (nSPS) is 11.8. The van der Waals surface area contributed by atoms with Crippen molar-refractivity contribution >= 4 is 16.7 Å². The maximum Gasteiger partial charge on any atom is 0.454 e. The third-order valence-electron chi connectivity index (χ3n) is 4.19. The first-order valence-electron chi connectivity index (χ1n) is 7.97. The lowest BCUT2D eigenvalue weighted by molar-refractivity contribution is -0.0884. The van der Waals surface area contributed by atoms with E-state index >= 15 is 0 Å². The van der Waals surface area contributed by atoms with Gasteiger partial charge in [0.25, 0.3) is 5.78 Å². The highest BCUT2D eigenvalue weighted by atomic mass is 19.4. The van der Waals surface area contributed by atoms with E-state index in [0.29, 0.717) is 17.4 Å². The van der Waals surface area contributed by atoms with Gasteiger partial charge >= 0.3 is 6.18 Å². The van der Waals surface area contributed by atoms with Gasteiger partial charge in [-0.05, 0) is 37.0 Å². The molecule has 0 aliphatic rings. The molecule has 0 spiro atoms.